The Morgan fingerprint density at radius 1 is 0.973 bits per heavy atom. The Morgan fingerprint density at radius 2 is 1.86 bits per heavy atom. The molecule has 0 aliphatic carbocycles. The highest BCUT2D eigenvalue weighted by atomic mass is 16.5. The van der Waals surface area contributed by atoms with Crippen molar-refractivity contribution in [3.8, 4) is 17.0 Å². The molecule has 5 aromatic rings. The molecule has 0 fully saturated rings. The van der Waals surface area contributed by atoms with Gasteiger partial charge in [0.2, 0.25) is 11.9 Å². The van der Waals surface area contributed by atoms with E-state index >= 15 is 0 Å². The van der Waals surface area contributed by atoms with Crippen molar-refractivity contribution in [3.63, 3.8) is 0 Å². The second-order valence-electron chi connectivity index (χ2n) is 8.60. The van der Waals surface area contributed by atoms with Crippen molar-refractivity contribution in [1.29, 1.82) is 0 Å². The number of nitrogen functional groups attached to an aromatic ring is 1. The molecule has 3 heterocycles. The molecule has 0 saturated heterocycles. The molecule has 5 rings (SSSR count). The third-order valence-electron chi connectivity index (χ3n) is 5.86. The highest BCUT2D eigenvalue weighted by molar-refractivity contribution is 5.81. The molecular weight excluding hydrogens is 466 g/mol. The lowest BCUT2D eigenvalue weighted by molar-refractivity contribution is -0.120. The van der Waals surface area contributed by atoms with E-state index in [1.807, 2.05) is 66.9 Å². The quantitative estimate of drug-likeness (QED) is 0.271. The molecule has 0 radical (unpaired) electrons. The van der Waals surface area contributed by atoms with Crippen LogP contribution < -0.4 is 15.8 Å². The second kappa shape index (κ2) is 11.3. The molecule has 9 heteroatoms. The van der Waals surface area contributed by atoms with Crippen LogP contribution in [0.4, 0.5) is 5.95 Å². The Kier molecular flexibility index (Phi) is 7.31. The SMILES string of the molecule is Nc1nccc(-c2ccc3[nH]c(CCOc4ccc(CC(=O)NCCc5cccnc5)cc4)nc3c2)n1. The maximum absolute atomic E-state index is 12.2. The molecule has 9 nitrogen and oxygen atoms in total. The third kappa shape index (κ3) is 6.46. The maximum atomic E-state index is 12.2. The molecule has 4 N–H and O–H groups in total. The number of nitrogens with two attached hydrogens (primary N) is 1. The van der Waals surface area contributed by atoms with Crippen molar-refractivity contribution in [1.82, 2.24) is 30.2 Å². The Morgan fingerprint density at radius 3 is 2.68 bits per heavy atom. The Bertz CT molecular complexity index is 1480. The lowest BCUT2D eigenvalue weighted by atomic mass is 10.1. The van der Waals surface area contributed by atoms with Gasteiger partial charge in [-0.1, -0.05) is 24.3 Å². The minimum Gasteiger partial charge on any atom is -0.493 e. The number of fused-ring (bicyclic) bond motifs is 1. The van der Waals surface area contributed by atoms with E-state index in [2.05, 4.69) is 30.2 Å². The Hall–Kier alpha value is -4.79. The van der Waals surface area contributed by atoms with Crippen LogP contribution in [0.1, 0.15) is 17.0 Å². The molecule has 0 spiro atoms. The molecule has 3 aromatic heterocycles. The standard InChI is InChI=1S/C28H27N7O2/c29-28-32-14-10-23(35-28)21-5-8-24-25(17-21)34-26(33-24)11-15-37-22-6-3-19(4-7-22)16-27(36)31-13-9-20-2-1-12-30-18-20/h1-8,10,12,14,17-18H,9,11,13,15-16H2,(H,31,36)(H,33,34)(H2,29,32,35). The Labute approximate surface area is 214 Å². The van der Waals surface area contributed by atoms with Crippen LogP contribution in [0.5, 0.6) is 5.75 Å². The van der Waals surface area contributed by atoms with Gasteiger partial charge in [-0.3, -0.25) is 9.78 Å². The van der Waals surface area contributed by atoms with E-state index in [0.717, 1.165) is 51.4 Å². The molecule has 0 saturated carbocycles. The van der Waals surface area contributed by atoms with Gasteiger partial charge in [-0.25, -0.2) is 15.0 Å². The molecule has 0 aliphatic rings. The first-order valence-electron chi connectivity index (χ1n) is 12.1. The Balaban J connectivity index is 1.09. The van der Waals surface area contributed by atoms with Crippen LogP contribution >= 0.6 is 0 Å². The number of anilines is 1. The van der Waals surface area contributed by atoms with Crippen molar-refractivity contribution >= 4 is 22.9 Å². The van der Waals surface area contributed by atoms with Gasteiger partial charge in [0.05, 0.1) is 29.8 Å². The highest BCUT2D eigenvalue weighted by Gasteiger charge is 2.08. The van der Waals surface area contributed by atoms with Gasteiger partial charge in [-0.2, -0.15) is 0 Å². The number of H-pyrrole nitrogens is 1. The number of rotatable bonds is 10. The minimum absolute atomic E-state index is 0.00576. The molecule has 186 valence electrons. The number of ether oxygens (including phenoxy) is 1. The largest absolute Gasteiger partial charge is 0.493 e. The smallest absolute Gasteiger partial charge is 0.224 e. The fraction of sp³-hybridized carbons (Fsp3) is 0.179. The summed E-state index contributed by atoms with van der Waals surface area (Å²) in [5.41, 5.74) is 11.2. The monoisotopic (exact) mass is 493 g/mol. The van der Waals surface area contributed by atoms with Gasteiger partial charge in [0.1, 0.15) is 11.6 Å². The first-order chi connectivity index (χ1) is 18.1. The molecule has 0 atom stereocenters. The van der Waals surface area contributed by atoms with Gasteiger partial charge >= 0.3 is 0 Å². The number of hydrogen-bond acceptors (Lipinski definition) is 7. The summed E-state index contributed by atoms with van der Waals surface area (Å²) in [6.45, 7) is 1.06. The number of hydrogen-bond donors (Lipinski definition) is 3. The third-order valence-corrected chi connectivity index (χ3v) is 5.86. The minimum atomic E-state index is -0.00576. The van der Waals surface area contributed by atoms with Crippen molar-refractivity contribution in [2.24, 2.45) is 0 Å². The number of carbonyl (C=O) groups excluding carboxylic acids is 1. The van der Waals surface area contributed by atoms with Gasteiger partial charge < -0.3 is 20.8 Å². The summed E-state index contributed by atoms with van der Waals surface area (Å²) in [7, 11) is 0. The van der Waals surface area contributed by atoms with Crippen LogP contribution in [-0.2, 0) is 24.1 Å². The van der Waals surface area contributed by atoms with E-state index in [4.69, 9.17) is 10.5 Å². The predicted octanol–water partition coefficient (Wildman–Crippen LogP) is 3.52. The van der Waals surface area contributed by atoms with E-state index in [9.17, 15) is 4.79 Å². The summed E-state index contributed by atoms with van der Waals surface area (Å²) in [5.74, 6) is 1.83. The van der Waals surface area contributed by atoms with Crippen LogP contribution in [0.25, 0.3) is 22.3 Å². The molecule has 1 amide bonds. The van der Waals surface area contributed by atoms with E-state index in [0.29, 0.717) is 26.0 Å². The molecule has 0 unspecified atom stereocenters. The van der Waals surface area contributed by atoms with E-state index in [-0.39, 0.29) is 11.9 Å². The number of imidazole rings is 1. The zero-order chi connectivity index (χ0) is 25.5. The number of pyridine rings is 1. The number of nitrogens with one attached hydrogen (secondary N) is 2. The van der Waals surface area contributed by atoms with Gasteiger partial charge in [0.25, 0.3) is 0 Å². The lowest BCUT2D eigenvalue weighted by Gasteiger charge is -2.08. The molecular formula is C28H27N7O2. The summed E-state index contributed by atoms with van der Waals surface area (Å²) in [6.07, 6.45) is 6.91. The van der Waals surface area contributed by atoms with Crippen LogP contribution in [0.2, 0.25) is 0 Å². The van der Waals surface area contributed by atoms with Crippen LogP contribution in [0.3, 0.4) is 0 Å². The number of nitrogens with zero attached hydrogens (tertiary/aromatic N) is 4. The van der Waals surface area contributed by atoms with Gasteiger partial charge in [-0.05, 0) is 53.9 Å². The first kappa shape index (κ1) is 23.9. The summed E-state index contributed by atoms with van der Waals surface area (Å²) >= 11 is 0. The van der Waals surface area contributed by atoms with Crippen molar-refractivity contribution in [2.45, 2.75) is 19.3 Å². The van der Waals surface area contributed by atoms with E-state index in [1.165, 1.54) is 0 Å². The zero-order valence-corrected chi connectivity index (χ0v) is 20.2. The fourth-order valence-electron chi connectivity index (χ4n) is 3.98. The predicted molar refractivity (Wildman–Crippen MR) is 142 cm³/mol. The summed E-state index contributed by atoms with van der Waals surface area (Å²) in [4.78, 5) is 32.5. The average molecular weight is 494 g/mol. The normalized spacial score (nSPS) is 10.9. The van der Waals surface area contributed by atoms with Crippen molar-refractivity contribution < 1.29 is 9.53 Å². The average Bonchev–Trinajstić information content (AvgIpc) is 3.32. The molecule has 0 bridgehead atoms. The van der Waals surface area contributed by atoms with E-state index in [1.54, 1.807) is 12.4 Å². The van der Waals surface area contributed by atoms with Gasteiger partial charge in [0.15, 0.2) is 0 Å². The lowest BCUT2D eigenvalue weighted by Crippen LogP contribution is -2.27. The highest BCUT2D eigenvalue weighted by Crippen LogP contribution is 2.22. The first-order valence-corrected chi connectivity index (χ1v) is 12.1. The molecule has 2 aromatic carbocycles. The van der Waals surface area contributed by atoms with Crippen molar-refractivity contribution in [3.05, 3.63) is 96.2 Å². The number of aromatic nitrogens is 5. The van der Waals surface area contributed by atoms with Gasteiger partial charge in [-0.15, -0.1) is 0 Å². The van der Waals surface area contributed by atoms with Crippen molar-refractivity contribution in [2.75, 3.05) is 18.9 Å². The maximum Gasteiger partial charge on any atom is 0.224 e. The summed E-state index contributed by atoms with van der Waals surface area (Å²) in [5, 5.41) is 2.95. The summed E-state index contributed by atoms with van der Waals surface area (Å²) in [6, 6.07) is 19.3. The number of benzene rings is 2. The number of aromatic amines is 1. The molecule has 0 aliphatic heterocycles. The van der Waals surface area contributed by atoms with Gasteiger partial charge in [0, 0.05) is 37.1 Å². The van der Waals surface area contributed by atoms with E-state index < -0.39 is 0 Å². The van der Waals surface area contributed by atoms with Crippen LogP contribution in [0, 0.1) is 0 Å². The molecule has 37 heavy (non-hydrogen) atoms. The topological polar surface area (TPSA) is 132 Å². The number of carbonyl (C=O) groups is 1. The van der Waals surface area contributed by atoms with Crippen LogP contribution in [-0.4, -0.2) is 44.0 Å². The fourth-order valence-corrected chi connectivity index (χ4v) is 3.98. The number of amides is 1. The zero-order valence-electron chi connectivity index (χ0n) is 20.2. The summed E-state index contributed by atoms with van der Waals surface area (Å²) < 4.78 is 5.89. The van der Waals surface area contributed by atoms with Crippen LogP contribution in [0.15, 0.2) is 79.3 Å². The second-order valence-corrected chi connectivity index (χ2v) is 8.60.